The average molecular weight is 354 g/mol. The van der Waals surface area contributed by atoms with Gasteiger partial charge in [-0.3, -0.25) is 19.9 Å². The number of hydrogen-bond donors (Lipinski definition) is 0. The monoisotopic (exact) mass is 353 g/mol. The highest BCUT2D eigenvalue weighted by atomic mass is 35.5. The summed E-state index contributed by atoms with van der Waals surface area (Å²) in [6.45, 7) is 4.88. The van der Waals surface area contributed by atoms with E-state index in [2.05, 4.69) is 28.9 Å². The number of halogens is 1. The molecule has 6 nitrogen and oxygen atoms in total. The minimum absolute atomic E-state index is 0.00563. The standard InChI is InChI=1S/C17H24ClN3O3/c1-13-19(11-14-5-7-15(18)8-6-14)9-10-20(13)17-4-2-3-16(24-17)12-21(22)23/h5-8,13,16-17H,2-4,9-12H2,1H3/t13?,16-,17+/m0/s1. The normalized spacial score (nSPS) is 29.0. The molecule has 0 aromatic heterocycles. The summed E-state index contributed by atoms with van der Waals surface area (Å²) in [5.41, 5.74) is 1.24. The van der Waals surface area contributed by atoms with Gasteiger partial charge in [0.15, 0.2) is 0 Å². The summed E-state index contributed by atoms with van der Waals surface area (Å²) >= 11 is 5.95. The highest BCUT2D eigenvalue weighted by Gasteiger charge is 2.37. The predicted octanol–water partition coefficient (Wildman–Crippen LogP) is 2.98. The summed E-state index contributed by atoms with van der Waals surface area (Å²) < 4.78 is 6.01. The molecule has 0 radical (unpaired) electrons. The van der Waals surface area contributed by atoms with Gasteiger partial charge in [-0.05, 0) is 43.9 Å². The molecule has 0 saturated carbocycles. The van der Waals surface area contributed by atoms with Crippen LogP contribution in [0.3, 0.4) is 0 Å². The molecule has 2 aliphatic rings. The Morgan fingerprint density at radius 1 is 1.29 bits per heavy atom. The van der Waals surface area contributed by atoms with Crippen LogP contribution in [-0.2, 0) is 11.3 Å². The molecule has 24 heavy (non-hydrogen) atoms. The average Bonchev–Trinajstić information content (AvgIpc) is 2.90. The first kappa shape index (κ1) is 17.6. The fourth-order valence-electron chi connectivity index (χ4n) is 3.67. The molecular formula is C17H24ClN3O3. The molecule has 1 unspecified atom stereocenters. The number of benzene rings is 1. The lowest BCUT2D eigenvalue weighted by Crippen LogP contribution is -2.47. The van der Waals surface area contributed by atoms with Crippen LogP contribution in [0, 0.1) is 10.1 Å². The molecule has 2 heterocycles. The van der Waals surface area contributed by atoms with Gasteiger partial charge in [-0.2, -0.15) is 0 Å². The van der Waals surface area contributed by atoms with E-state index in [1.54, 1.807) is 0 Å². The van der Waals surface area contributed by atoms with Gasteiger partial charge in [0.25, 0.3) is 0 Å². The maximum Gasteiger partial charge on any atom is 0.229 e. The zero-order valence-electron chi connectivity index (χ0n) is 13.9. The number of nitro groups is 1. The fourth-order valence-corrected chi connectivity index (χ4v) is 3.80. The Bertz CT molecular complexity index is 569. The third kappa shape index (κ3) is 4.25. The highest BCUT2D eigenvalue weighted by Crippen LogP contribution is 2.28. The van der Waals surface area contributed by atoms with Crippen molar-refractivity contribution in [2.45, 2.75) is 51.2 Å². The second kappa shape index (κ2) is 7.78. The first-order valence-corrected chi connectivity index (χ1v) is 8.92. The van der Waals surface area contributed by atoms with Crippen LogP contribution in [0.1, 0.15) is 31.7 Å². The summed E-state index contributed by atoms with van der Waals surface area (Å²) in [4.78, 5) is 15.2. The van der Waals surface area contributed by atoms with Gasteiger partial charge in [-0.1, -0.05) is 23.7 Å². The molecule has 0 bridgehead atoms. The summed E-state index contributed by atoms with van der Waals surface area (Å²) in [7, 11) is 0. The van der Waals surface area contributed by atoms with Crippen molar-refractivity contribution in [3.05, 3.63) is 45.0 Å². The highest BCUT2D eigenvalue weighted by molar-refractivity contribution is 6.30. The van der Waals surface area contributed by atoms with Gasteiger partial charge in [-0.25, -0.2) is 0 Å². The summed E-state index contributed by atoms with van der Waals surface area (Å²) in [5.74, 6) is 0. The van der Waals surface area contributed by atoms with Gasteiger partial charge in [0.2, 0.25) is 6.54 Å². The van der Waals surface area contributed by atoms with Crippen molar-refractivity contribution < 1.29 is 9.66 Å². The molecule has 1 aromatic carbocycles. The molecule has 3 rings (SSSR count). The number of nitrogens with zero attached hydrogens (tertiary/aromatic N) is 3. The van der Waals surface area contributed by atoms with Gasteiger partial charge < -0.3 is 4.74 Å². The molecule has 0 N–H and O–H groups in total. The lowest BCUT2D eigenvalue weighted by atomic mass is 10.1. The van der Waals surface area contributed by atoms with Crippen molar-refractivity contribution in [1.29, 1.82) is 0 Å². The molecule has 0 aliphatic carbocycles. The summed E-state index contributed by atoms with van der Waals surface area (Å²) in [6, 6.07) is 7.95. The SMILES string of the molecule is CC1N(Cc2ccc(Cl)cc2)CCN1[C@H]1CCC[C@@H](C[N+](=O)[O-])O1. The Kier molecular flexibility index (Phi) is 5.71. The van der Waals surface area contributed by atoms with Crippen molar-refractivity contribution in [2.24, 2.45) is 0 Å². The van der Waals surface area contributed by atoms with Crippen LogP contribution >= 0.6 is 11.6 Å². The zero-order valence-corrected chi connectivity index (χ0v) is 14.7. The van der Waals surface area contributed by atoms with Gasteiger partial charge in [0.05, 0.1) is 6.17 Å². The van der Waals surface area contributed by atoms with E-state index >= 15 is 0 Å². The van der Waals surface area contributed by atoms with Gasteiger partial charge in [0.1, 0.15) is 12.3 Å². The van der Waals surface area contributed by atoms with E-state index in [1.807, 2.05) is 12.1 Å². The van der Waals surface area contributed by atoms with E-state index in [0.29, 0.717) is 0 Å². The van der Waals surface area contributed by atoms with Crippen LogP contribution < -0.4 is 0 Å². The van der Waals surface area contributed by atoms with Gasteiger partial charge in [-0.15, -0.1) is 0 Å². The van der Waals surface area contributed by atoms with Crippen LogP contribution in [0.25, 0.3) is 0 Å². The Balaban J connectivity index is 1.58. The Morgan fingerprint density at radius 3 is 2.75 bits per heavy atom. The number of hydrogen-bond acceptors (Lipinski definition) is 5. The molecule has 2 aliphatic heterocycles. The minimum Gasteiger partial charge on any atom is -0.353 e. The van der Waals surface area contributed by atoms with E-state index < -0.39 is 0 Å². The molecule has 132 valence electrons. The Hall–Kier alpha value is -1.21. The molecule has 0 spiro atoms. The quantitative estimate of drug-likeness (QED) is 0.601. The zero-order chi connectivity index (χ0) is 17.1. The second-order valence-electron chi connectivity index (χ2n) is 6.63. The van der Waals surface area contributed by atoms with E-state index in [0.717, 1.165) is 43.9 Å². The smallest absolute Gasteiger partial charge is 0.229 e. The van der Waals surface area contributed by atoms with Crippen LogP contribution in [0.2, 0.25) is 5.02 Å². The van der Waals surface area contributed by atoms with Crippen molar-refractivity contribution >= 4 is 11.6 Å². The lowest BCUT2D eigenvalue weighted by Gasteiger charge is -2.37. The molecule has 7 heteroatoms. The molecule has 3 atom stereocenters. The van der Waals surface area contributed by atoms with Crippen molar-refractivity contribution in [1.82, 2.24) is 9.80 Å². The van der Waals surface area contributed by atoms with Crippen LogP contribution in [-0.4, -0.2) is 52.9 Å². The predicted molar refractivity (Wildman–Crippen MR) is 92.4 cm³/mol. The largest absolute Gasteiger partial charge is 0.353 e. The second-order valence-corrected chi connectivity index (χ2v) is 7.06. The van der Waals surface area contributed by atoms with Crippen LogP contribution in [0.15, 0.2) is 24.3 Å². The van der Waals surface area contributed by atoms with E-state index in [-0.39, 0.29) is 30.0 Å². The first-order valence-electron chi connectivity index (χ1n) is 8.54. The van der Waals surface area contributed by atoms with Crippen molar-refractivity contribution in [3.8, 4) is 0 Å². The van der Waals surface area contributed by atoms with E-state index in [1.165, 1.54) is 5.56 Å². The van der Waals surface area contributed by atoms with E-state index in [9.17, 15) is 10.1 Å². The maximum atomic E-state index is 10.7. The Labute approximate surface area is 147 Å². The molecular weight excluding hydrogens is 330 g/mol. The topological polar surface area (TPSA) is 58.9 Å². The minimum atomic E-state index is -0.271. The molecule has 2 fully saturated rings. The summed E-state index contributed by atoms with van der Waals surface area (Å²) in [5, 5.41) is 11.5. The maximum absolute atomic E-state index is 10.7. The lowest BCUT2D eigenvalue weighted by molar-refractivity contribution is -0.494. The van der Waals surface area contributed by atoms with Crippen molar-refractivity contribution in [2.75, 3.05) is 19.6 Å². The van der Waals surface area contributed by atoms with Crippen molar-refractivity contribution in [3.63, 3.8) is 0 Å². The molecule has 0 amide bonds. The number of ether oxygens (including phenoxy) is 1. The van der Waals surface area contributed by atoms with Gasteiger partial charge >= 0.3 is 0 Å². The first-order chi connectivity index (χ1) is 11.5. The third-order valence-electron chi connectivity index (χ3n) is 5.00. The third-order valence-corrected chi connectivity index (χ3v) is 5.25. The molecule has 1 aromatic rings. The molecule has 2 saturated heterocycles. The Morgan fingerprint density at radius 2 is 2.04 bits per heavy atom. The van der Waals surface area contributed by atoms with E-state index in [4.69, 9.17) is 16.3 Å². The fraction of sp³-hybridized carbons (Fsp3) is 0.647. The van der Waals surface area contributed by atoms with Gasteiger partial charge in [0, 0.05) is 29.6 Å². The summed E-state index contributed by atoms with van der Waals surface area (Å²) in [6.07, 6.45) is 2.73. The number of rotatable bonds is 5. The van der Waals surface area contributed by atoms with Crippen LogP contribution in [0.4, 0.5) is 0 Å². The van der Waals surface area contributed by atoms with Crippen LogP contribution in [0.5, 0.6) is 0 Å².